The van der Waals surface area contributed by atoms with E-state index < -0.39 is 10.0 Å². The second kappa shape index (κ2) is 4.23. The molecule has 0 aliphatic heterocycles. The third-order valence-electron chi connectivity index (χ3n) is 2.04. The van der Waals surface area contributed by atoms with Crippen LogP contribution >= 0.6 is 11.3 Å². The molecule has 84 valence electrons. The van der Waals surface area contributed by atoms with Gasteiger partial charge < -0.3 is 0 Å². The molecule has 6 heteroatoms. The molecular formula is C10H10N2O2S2. The molecule has 1 N–H and O–H groups in total. The van der Waals surface area contributed by atoms with Crippen LogP contribution in [0.5, 0.6) is 0 Å². The second-order valence-corrected chi connectivity index (χ2v) is 5.75. The summed E-state index contributed by atoms with van der Waals surface area (Å²) in [6.45, 7) is 1.76. The maximum atomic E-state index is 12.0. The highest BCUT2D eigenvalue weighted by Crippen LogP contribution is 2.19. The van der Waals surface area contributed by atoms with E-state index in [2.05, 4.69) is 9.71 Å². The fourth-order valence-electron chi connectivity index (χ4n) is 1.30. The van der Waals surface area contributed by atoms with Gasteiger partial charge in [-0.05, 0) is 18.6 Å². The molecule has 0 radical (unpaired) electrons. The summed E-state index contributed by atoms with van der Waals surface area (Å²) in [7, 11) is -3.52. The van der Waals surface area contributed by atoms with E-state index >= 15 is 0 Å². The van der Waals surface area contributed by atoms with Crippen molar-refractivity contribution < 1.29 is 8.42 Å². The van der Waals surface area contributed by atoms with E-state index in [1.807, 2.05) is 0 Å². The zero-order valence-corrected chi connectivity index (χ0v) is 10.2. The Labute approximate surface area is 98.0 Å². The monoisotopic (exact) mass is 254 g/mol. The van der Waals surface area contributed by atoms with Gasteiger partial charge in [-0.1, -0.05) is 18.2 Å². The fraction of sp³-hybridized carbons (Fsp3) is 0.100. The number of aromatic nitrogens is 1. The number of hydrogen-bond donors (Lipinski definition) is 1. The number of thiazole rings is 1. The Kier molecular flexibility index (Phi) is 2.93. The van der Waals surface area contributed by atoms with Crippen LogP contribution in [0, 0.1) is 6.92 Å². The van der Waals surface area contributed by atoms with Crippen LogP contribution < -0.4 is 4.72 Å². The van der Waals surface area contributed by atoms with Crippen molar-refractivity contribution >= 4 is 26.5 Å². The fourth-order valence-corrected chi connectivity index (χ4v) is 3.34. The average Bonchev–Trinajstić information content (AvgIpc) is 2.70. The molecule has 1 aromatic heterocycles. The highest BCUT2D eigenvalue weighted by atomic mass is 32.2. The number of nitrogens with zero attached hydrogens (tertiary/aromatic N) is 1. The van der Waals surface area contributed by atoms with E-state index in [1.165, 1.54) is 11.3 Å². The molecule has 4 nitrogen and oxygen atoms in total. The Morgan fingerprint density at radius 1 is 1.31 bits per heavy atom. The first-order valence-corrected chi connectivity index (χ1v) is 6.94. The standard InChI is InChI=1S/C10H10N2O2S2/c1-8-4-2-3-5-9(8)16(13,14)12-10-11-6-7-15-10/h2-7H,1H3,(H,11,12). The minimum atomic E-state index is -3.52. The van der Waals surface area contributed by atoms with E-state index in [0.29, 0.717) is 10.7 Å². The lowest BCUT2D eigenvalue weighted by Crippen LogP contribution is -2.13. The molecule has 0 fully saturated rings. The van der Waals surface area contributed by atoms with Crippen LogP contribution in [0.2, 0.25) is 0 Å². The number of nitrogens with one attached hydrogen (secondary N) is 1. The predicted molar refractivity (Wildman–Crippen MR) is 64.1 cm³/mol. The summed E-state index contributed by atoms with van der Waals surface area (Å²) in [5.74, 6) is 0. The Morgan fingerprint density at radius 2 is 2.06 bits per heavy atom. The molecule has 0 aliphatic rings. The summed E-state index contributed by atoms with van der Waals surface area (Å²) < 4.78 is 26.4. The van der Waals surface area contributed by atoms with E-state index in [-0.39, 0.29) is 4.90 Å². The van der Waals surface area contributed by atoms with Gasteiger partial charge in [-0.2, -0.15) is 0 Å². The Balaban J connectivity index is 2.37. The lowest BCUT2D eigenvalue weighted by Gasteiger charge is -2.07. The summed E-state index contributed by atoms with van der Waals surface area (Å²) in [5.41, 5.74) is 0.714. The number of sulfonamides is 1. The van der Waals surface area contributed by atoms with Crippen molar-refractivity contribution in [3.8, 4) is 0 Å². The highest BCUT2D eigenvalue weighted by molar-refractivity contribution is 7.93. The Morgan fingerprint density at radius 3 is 2.69 bits per heavy atom. The van der Waals surface area contributed by atoms with Crippen molar-refractivity contribution in [2.45, 2.75) is 11.8 Å². The first-order chi connectivity index (χ1) is 7.59. The van der Waals surface area contributed by atoms with Crippen molar-refractivity contribution in [1.29, 1.82) is 0 Å². The summed E-state index contributed by atoms with van der Waals surface area (Å²) in [4.78, 5) is 4.17. The van der Waals surface area contributed by atoms with Gasteiger partial charge >= 0.3 is 0 Å². The van der Waals surface area contributed by atoms with E-state index in [0.717, 1.165) is 0 Å². The topological polar surface area (TPSA) is 59.1 Å². The third-order valence-corrected chi connectivity index (χ3v) is 4.35. The largest absolute Gasteiger partial charge is 0.263 e. The first kappa shape index (κ1) is 11.1. The maximum absolute atomic E-state index is 12.0. The van der Waals surface area contributed by atoms with Gasteiger partial charge in [0.1, 0.15) is 0 Å². The third kappa shape index (κ3) is 2.23. The molecule has 2 aromatic rings. The van der Waals surface area contributed by atoms with Gasteiger partial charge in [0.25, 0.3) is 10.0 Å². The maximum Gasteiger partial charge on any atom is 0.263 e. The minimum absolute atomic E-state index is 0.283. The van der Waals surface area contributed by atoms with Crippen LogP contribution in [0.3, 0.4) is 0 Å². The lowest BCUT2D eigenvalue weighted by molar-refractivity contribution is 0.600. The molecule has 0 aliphatic carbocycles. The number of rotatable bonds is 3. The highest BCUT2D eigenvalue weighted by Gasteiger charge is 2.16. The molecule has 0 spiro atoms. The summed E-state index contributed by atoms with van der Waals surface area (Å²) in [6, 6.07) is 6.84. The van der Waals surface area contributed by atoms with Gasteiger partial charge in [0.15, 0.2) is 5.13 Å². The van der Waals surface area contributed by atoms with E-state index in [4.69, 9.17) is 0 Å². The van der Waals surface area contributed by atoms with Crippen LogP contribution in [0.25, 0.3) is 0 Å². The molecule has 0 bridgehead atoms. The van der Waals surface area contributed by atoms with Gasteiger partial charge in [-0.3, -0.25) is 4.72 Å². The van der Waals surface area contributed by atoms with Gasteiger partial charge in [0.05, 0.1) is 4.90 Å². The molecule has 0 atom stereocenters. The minimum Gasteiger partial charge on any atom is -0.255 e. The van der Waals surface area contributed by atoms with Crippen molar-refractivity contribution in [2.75, 3.05) is 4.72 Å². The Bertz CT molecular complexity index is 577. The predicted octanol–water partition coefficient (Wildman–Crippen LogP) is 2.25. The smallest absolute Gasteiger partial charge is 0.255 e. The van der Waals surface area contributed by atoms with Gasteiger partial charge in [0, 0.05) is 11.6 Å². The van der Waals surface area contributed by atoms with Gasteiger partial charge in [-0.15, -0.1) is 11.3 Å². The SMILES string of the molecule is Cc1ccccc1S(=O)(=O)Nc1nccs1. The quantitative estimate of drug-likeness (QED) is 0.914. The zero-order valence-electron chi connectivity index (χ0n) is 8.54. The van der Waals surface area contributed by atoms with Crippen molar-refractivity contribution in [2.24, 2.45) is 0 Å². The number of aryl methyl sites for hydroxylation is 1. The molecule has 16 heavy (non-hydrogen) atoms. The molecule has 0 amide bonds. The lowest BCUT2D eigenvalue weighted by atomic mass is 10.2. The second-order valence-electron chi connectivity index (χ2n) is 3.21. The molecule has 2 rings (SSSR count). The summed E-state index contributed by atoms with van der Waals surface area (Å²) >= 11 is 1.25. The van der Waals surface area contributed by atoms with Crippen LogP contribution in [-0.2, 0) is 10.0 Å². The Hall–Kier alpha value is -1.40. The molecule has 0 unspecified atom stereocenters. The molecule has 0 saturated carbocycles. The molecule has 1 heterocycles. The van der Waals surface area contributed by atoms with Crippen molar-refractivity contribution in [3.05, 3.63) is 41.4 Å². The van der Waals surface area contributed by atoms with Crippen LogP contribution in [0.1, 0.15) is 5.56 Å². The summed E-state index contributed by atoms with van der Waals surface area (Å²) in [5, 5.41) is 2.10. The zero-order chi connectivity index (χ0) is 11.6. The summed E-state index contributed by atoms with van der Waals surface area (Å²) in [6.07, 6.45) is 1.56. The number of hydrogen-bond acceptors (Lipinski definition) is 4. The molecule has 0 saturated heterocycles. The van der Waals surface area contributed by atoms with Crippen molar-refractivity contribution in [3.63, 3.8) is 0 Å². The van der Waals surface area contributed by atoms with Crippen LogP contribution in [0.4, 0.5) is 5.13 Å². The van der Waals surface area contributed by atoms with E-state index in [9.17, 15) is 8.42 Å². The van der Waals surface area contributed by atoms with Gasteiger partial charge in [-0.25, -0.2) is 13.4 Å². The van der Waals surface area contributed by atoms with Crippen LogP contribution in [-0.4, -0.2) is 13.4 Å². The average molecular weight is 254 g/mol. The number of anilines is 1. The van der Waals surface area contributed by atoms with Gasteiger partial charge in [0.2, 0.25) is 0 Å². The van der Waals surface area contributed by atoms with Crippen molar-refractivity contribution in [1.82, 2.24) is 4.98 Å². The number of benzene rings is 1. The molecular weight excluding hydrogens is 244 g/mol. The first-order valence-electron chi connectivity index (χ1n) is 4.57. The van der Waals surface area contributed by atoms with E-state index in [1.54, 1.807) is 42.8 Å². The molecule has 1 aromatic carbocycles. The normalized spacial score (nSPS) is 11.3. The van der Waals surface area contributed by atoms with Crippen LogP contribution in [0.15, 0.2) is 40.7 Å².